The maximum Gasteiger partial charge on any atom is 0.261 e. The van der Waals surface area contributed by atoms with E-state index in [2.05, 4.69) is 93.0 Å². The number of imidazole rings is 1. The van der Waals surface area contributed by atoms with E-state index in [4.69, 9.17) is 13.6 Å². The number of hydrogen-bond acceptors (Lipinski definition) is 10. The maximum atomic E-state index is 12.9. The van der Waals surface area contributed by atoms with Crippen molar-refractivity contribution in [3.8, 4) is 5.82 Å². The second-order valence-corrected chi connectivity index (χ2v) is 25.3. The molecule has 6 rings (SSSR count). The first-order valence-corrected chi connectivity index (χ1v) is 22.2. The van der Waals surface area contributed by atoms with Crippen molar-refractivity contribution in [3.63, 3.8) is 0 Å². The predicted octanol–water partition coefficient (Wildman–Crippen LogP) is 5.90. The predicted molar refractivity (Wildman–Crippen MR) is 185 cm³/mol. The second kappa shape index (κ2) is 12.1. The molecule has 0 spiro atoms. The summed E-state index contributed by atoms with van der Waals surface area (Å²) in [5.41, 5.74) is 2.31. The Morgan fingerprint density at radius 1 is 0.917 bits per heavy atom. The highest BCUT2D eigenvalue weighted by Gasteiger charge is 2.47. The summed E-state index contributed by atoms with van der Waals surface area (Å²) in [5, 5.41) is 8.60. The molecule has 13 nitrogen and oxygen atoms in total. The number of fused-ring (bicyclic) bond motifs is 2. The van der Waals surface area contributed by atoms with E-state index in [1.54, 1.807) is 36.8 Å². The van der Waals surface area contributed by atoms with Crippen LogP contribution in [-0.4, -0.2) is 86.7 Å². The molecule has 0 bridgehead atoms. The molecule has 4 aromatic rings. The van der Waals surface area contributed by atoms with Crippen molar-refractivity contribution in [1.29, 1.82) is 0 Å². The van der Waals surface area contributed by atoms with Crippen LogP contribution in [0.4, 0.5) is 0 Å². The Kier molecular flexibility index (Phi) is 8.59. The molecule has 256 valence electrons. The average Bonchev–Trinajstić information content (AvgIpc) is 3.78. The molecule has 2 aliphatic rings. The van der Waals surface area contributed by atoms with Crippen molar-refractivity contribution in [2.75, 3.05) is 6.61 Å². The monoisotopic (exact) mass is 690 g/mol. The summed E-state index contributed by atoms with van der Waals surface area (Å²) >= 11 is 0. The van der Waals surface area contributed by atoms with Crippen LogP contribution in [0.5, 0.6) is 0 Å². The van der Waals surface area contributed by atoms with E-state index in [9.17, 15) is 9.59 Å². The fraction of sp³-hybridized carbons (Fsp3) is 0.545. The van der Waals surface area contributed by atoms with Gasteiger partial charge in [-0.15, -0.1) is 5.10 Å². The van der Waals surface area contributed by atoms with Gasteiger partial charge in [0.05, 0.1) is 42.9 Å². The Balaban J connectivity index is 1.24. The molecule has 3 aromatic heterocycles. The van der Waals surface area contributed by atoms with E-state index in [1.165, 1.54) is 15.9 Å². The van der Waals surface area contributed by atoms with Gasteiger partial charge in [0.1, 0.15) is 24.4 Å². The highest BCUT2D eigenvalue weighted by Crippen LogP contribution is 2.43. The summed E-state index contributed by atoms with van der Waals surface area (Å²) in [5.74, 6) is -0.285. The lowest BCUT2D eigenvalue weighted by molar-refractivity contribution is -0.0383. The van der Waals surface area contributed by atoms with E-state index >= 15 is 0 Å². The van der Waals surface area contributed by atoms with Gasteiger partial charge in [0.25, 0.3) is 11.8 Å². The summed E-state index contributed by atoms with van der Waals surface area (Å²) in [7, 11) is -4.15. The number of aromatic nitrogens is 7. The minimum atomic E-state index is -2.12. The Morgan fingerprint density at radius 3 is 2.19 bits per heavy atom. The molecule has 0 unspecified atom stereocenters. The van der Waals surface area contributed by atoms with Crippen LogP contribution in [0.3, 0.4) is 0 Å². The molecular weight excluding hydrogens is 645 g/mol. The molecule has 1 fully saturated rings. The normalized spacial score (nSPS) is 20.7. The van der Waals surface area contributed by atoms with Crippen LogP contribution in [0, 0.1) is 0 Å². The second-order valence-electron chi connectivity index (χ2n) is 15.8. The van der Waals surface area contributed by atoms with Crippen LogP contribution in [-0.2, 0) is 20.1 Å². The van der Waals surface area contributed by atoms with Crippen LogP contribution in [0.1, 0.15) is 80.6 Å². The van der Waals surface area contributed by atoms with Gasteiger partial charge in [-0.1, -0.05) is 58.9 Å². The Morgan fingerprint density at radius 2 is 1.56 bits per heavy atom. The third kappa shape index (κ3) is 6.17. The number of ether oxygens (including phenoxy) is 1. The Bertz CT molecular complexity index is 1820. The number of rotatable bonds is 9. The third-order valence-corrected chi connectivity index (χ3v) is 19.5. The fourth-order valence-corrected chi connectivity index (χ4v) is 7.82. The van der Waals surface area contributed by atoms with Crippen molar-refractivity contribution < 1.29 is 23.2 Å². The minimum Gasteiger partial charge on any atom is -0.414 e. The van der Waals surface area contributed by atoms with Crippen molar-refractivity contribution in [2.45, 2.75) is 109 Å². The standard InChI is InChI=1S/C33H46N8O5Si2/c1-32(2,3)47(7,8)44-18-25-24(46-48(9,10)33(4,5)6)15-26(45-25)40-20-36-27-28(40)34-19-35-29(27)41-17-21(37-38-41)16-39-30(42)22-13-11-12-14-23(22)31(39)43/h11-14,17,19-20,24-26H,15-16,18H2,1-10H3/t24-,25+,26+/m0/s1. The van der Waals surface area contributed by atoms with E-state index in [0.717, 1.165) is 0 Å². The summed E-state index contributed by atoms with van der Waals surface area (Å²) < 4.78 is 23.7. The zero-order valence-electron chi connectivity index (χ0n) is 29.5. The molecule has 2 amide bonds. The molecule has 1 saturated heterocycles. The lowest BCUT2D eigenvalue weighted by atomic mass is 10.1. The number of amides is 2. The van der Waals surface area contributed by atoms with Gasteiger partial charge in [0, 0.05) is 6.42 Å². The lowest BCUT2D eigenvalue weighted by Gasteiger charge is -2.40. The molecule has 15 heteroatoms. The van der Waals surface area contributed by atoms with Gasteiger partial charge in [-0.05, 0) is 48.4 Å². The summed E-state index contributed by atoms with van der Waals surface area (Å²) in [6.45, 7) is 22.9. The highest BCUT2D eigenvalue weighted by atomic mass is 28.4. The molecule has 0 aliphatic carbocycles. The van der Waals surface area contributed by atoms with Crippen LogP contribution >= 0.6 is 0 Å². The van der Waals surface area contributed by atoms with Crippen LogP contribution in [0.15, 0.2) is 43.1 Å². The van der Waals surface area contributed by atoms with Crippen molar-refractivity contribution in [3.05, 3.63) is 59.9 Å². The lowest BCUT2D eigenvalue weighted by Crippen LogP contribution is -2.48. The third-order valence-electron chi connectivity index (χ3n) is 10.5. The molecular formula is C33H46N8O5Si2. The van der Waals surface area contributed by atoms with E-state index in [1.807, 2.05) is 4.57 Å². The topological polar surface area (TPSA) is 139 Å². The van der Waals surface area contributed by atoms with Gasteiger partial charge in [0.2, 0.25) is 0 Å². The summed E-state index contributed by atoms with van der Waals surface area (Å²) in [4.78, 5) is 40.7. The van der Waals surface area contributed by atoms with Gasteiger partial charge in [0.15, 0.2) is 33.6 Å². The number of hydrogen-bond donors (Lipinski definition) is 0. The molecule has 2 aliphatic heterocycles. The van der Waals surface area contributed by atoms with Crippen molar-refractivity contribution in [2.24, 2.45) is 0 Å². The van der Waals surface area contributed by atoms with Gasteiger partial charge < -0.3 is 13.6 Å². The van der Waals surface area contributed by atoms with Gasteiger partial charge >= 0.3 is 0 Å². The smallest absolute Gasteiger partial charge is 0.261 e. The molecule has 1 aromatic carbocycles. The molecule has 5 heterocycles. The molecule has 0 N–H and O–H groups in total. The van der Waals surface area contributed by atoms with Crippen LogP contribution in [0.25, 0.3) is 17.0 Å². The zero-order valence-corrected chi connectivity index (χ0v) is 31.5. The van der Waals surface area contributed by atoms with Gasteiger partial charge in [-0.25, -0.2) is 15.0 Å². The van der Waals surface area contributed by atoms with Crippen molar-refractivity contribution in [1.82, 2.24) is 39.4 Å². The SMILES string of the molecule is CC(C)(C)[Si](C)(C)OC[C@H]1O[C@@H](n2cnc3c(-n4cc(CN5C(=O)c6ccccc6C5=O)nn4)ncnc32)C[C@@H]1O[Si](C)(C)C(C)(C)C. The first kappa shape index (κ1) is 34.2. The Labute approximate surface area is 283 Å². The molecule has 48 heavy (non-hydrogen) atoms. The largest absolute Gasteiger partial charge is 0.414 e. The number of carbonyl (C=O) groups excluding carboxylic acids is 2. The fourth-order valence-electron chi connectivity index (χ4n) is 5.44. The highest BCUT2D eigenvalue weighted by molar-refractivity contribution is 6.74. The van der Waals surface area contributed by atoms with Crippen LogP contribution in [0.2, 0.25) is 36.3 Å². The van der Waals surface area contributed by atoms with E-state index in [0.29, 0.717) is 46.8 Å². The average molecular weight is 691 g/mol. The summed E-state index contributed by atoms with van der Waals surface area (Å²) in [6.07, 6.45) is 4.66. The number of imide groups is 1. The summed E-state index contributed by atoms with van der Waals surface area (Å²) in [6, 6.07) is 6.79. The Hall–Kier alpha value is -3.64. The van der Waals surface area contributed by atoms with E-state index < -0.39 is 16.6 Å². The maximum absolute atomic E-state index is 12.9. The van der Waals surface area contributed by atoms with Crippen molar-refractivity contribution >= 4 is 39.6 Å². The van der Waals surface area contributed by atoms with Crippen LogP contribution < -0.4 is 0 Å². The van der Waals surface area contributed by atoms with E-state index in [-0.39, 0.29) is 46.9 Å². The van der Waals surface area contributed by atoms with Gasteiger partial charge in [-0.2, -0.15) is 4.68 Å². The van der Waals surface area contributed by atoms with Gasteiger partial charge in [-0.3, -0.25) is 19.1 Å². The number of benzene rings is 1. The molecule has 0 radical (unpaired) electrons. The quantitative estimate of drug-likeness (QED) is 0.154. The molecule has 0 saturated carbocycles. The number of nitrogens with zero attached hydrogens (tertiary/aromatic N) is 8. The first-order chi connectivity index (χ1) is 22.4. The molecule has 3 atom stereocenters. The zero-order chi connectivity index (χ0) is 34.8. The first-order valence-electron chi connectivity index (χ1n) is 16.4. The number of carbonyl (C=O) groups is 2. The minimum absolute atomic E-state index is 0.0150.